The van der Waals surface area contributed by atoms with E-state index >= 15 is 0 Å². The molecule has 0 spiro atoms. The number of rotatable bonds is 3. The van der Waals surface area contributed by atoms with Crippen LogP contribution in [0.5, 0.6) is 0 Å². The van der Waals surface area contributed by atoms with Gasteiger partial charge in [0.1, 0.15) is 0 Å². The van der Waals surface area contributed by atoms with Gasteiger partial charge in [-0.05, 0) is 11.8 Å². The second-order valence-corrected chi connectivity index (χ2v) is 3.59. The van der Waals surface area contributed by atoms with Gasteiger partial charge in [0.25, 0.3) is 0 Å². The van der Waals surface area contributed by atoms with Gasteiger partial charge in [-0.1, -0.05) is 13.8 Å². The normalized spacial score (nSPS) is 18.0. The molecule has 0 saturated heterocycles. The maximum Gasteiger partial charge on any atom is 0.389 e. The fourth-order valence-electron chi connectivity index (χ4n) is 1.13. The molecule has 0 saturated carbocycles. The van der Waals surface area contributed by atoms with Gasteiger partial charge in [-0.3, -0.25) is 0 Å². The molecule has 0 nitrogen and oxygen atoms in total. The van der Waals surface area contributed by atoms with Gasteiger partial charge in [0.2, 0.25) is 0 Å². The highest BCUT2D eigenvalue weighted by atomic mass is 19.4. The van der Waals surface area contributed by atoms with Gasteiger partial charge in [-0.25, -0.2) is 0 Å². The van der Waals surface area contributed by atoms with E-state index in [1.165, 1.54) is 13.8 Å². The first-order valence-electron chi connectivity index (χ1n) is 4.15. The van der Waals surface area contributed by atoms with Crippen molar-refractivity contribution in [3.63, 3.8) is 0 Å². The zero-order valence-electron chi connectivity index (χ0n) is 7.84. The molecular weight excluding hydrogens is 210 g/mol. The minimum Gasteiger partial charge on any atom is -0.171 e. The molecule has 0 aliphatic carbocycles. The van der Waals surface area contributed by atoms with E-state index < -0.39 is 37.0 Å². The van der Waals surface area contributed by atoms with Crippen molar-refractivity contribution in [1.82, 2.24) is 0 Å². The van der Waals surface area contributed by atoms with Crippen LogP contribution in [-0.2, 0) is 0 Å². The van der Waals surface area contributed by atoms with Crippen molar-refractivity contribution in [2.24, 2.45) is 11.8 Å². The van der Waals surface area contributed by atoms with Gasteiger partial charge in [0.15, 0.2) is 0 Å². The van der Waals surface area contributed by atoms with Crippen LogP contribution in [0.4, 0.5) is 26.3 Å². The van der Waals surface area contributed by atoms with Crippen molar-refractivity contribution in [3.8, 4) is 0 Å². The van der Waals surface area contributed by atoms with Crippen molar-refractivity contribution in [3.05, 3.63) is 0 Å². The van der Waals surface area contributed by atoms with E-state index in [1.807, 2.05) is 0 Å². The van der Waals surface area contributed by atoms with E-state index in [1.54, 1.807) is 0 Å². The van der Waals surface area contributed by atoms with Crippen LogP contribution in [0, 0.1) is 11.8 Å². The summed E-state index contributed by atoms with van der Waals surface area (Å²) in [7, 11) is 0. The Balaban J connectivity index is 4.07. The summed E-state index contributed by atoms with van der Waals surface area (Å²) in [5.74, 6) is -2.01. The van der Waals surface area contributed by atoms with E-state index in [9.17, 15) is 26.3 Å². The summed E-state index contributed by atoms with van der Waals surface area (Å²) >= 11 is 0. The molecule has 2 atom stereocenters. The van der Waals surface area contributed by atoms with Gasteiger partial charge in [-0.2, -0.15) is 26.3 Å². The van der Waals surface area contributed by atoms with Crippen LogP contribution in [-0.4, -0.2) is 12.4 Å². The maximum atomic E-state index is 11.8. The molecule has 0 radical (unpaired) electrons. The van der Waals surface area contributed by atoms with E-state index in [-0.39, 0.29) is 0 Å². The summed E-state index contributed by atoms with van der Waals surface area (Å²) in [6.45, 7) is 2.37. The van der Waals surface area contributed by atoms with Crippen LogP contribution in [0.25, 0.3) is 0 Å². The molecule has 0 rings (SSSR count). The molecule has 0 heterocycles. The Morgan fingerprint density at radius 2 is 0.929 bits per heavy atom. The molecule has 0 fully saturated rings. The minimum atomic E-state index is -4.39. The van der Waals surface area contributed by atoms with Crippen molar-refractivity contribution in [1.29, 1.82) is 0 Å². The number of hydrogen-bond donors (Lipinski definition) is 0. The van der Waals surface area contributed by atoms with Crippen molar-refractivity contribution in [2.75, 3.05) is 0 Å². The number of alkyl halides is 6. The predicted molar refractivity (Wildman–Crippen MR) is 39.7 cm³/mol. The molecule has 0 aliphatic heterocycles. The van der Waals surface area contributed by atoms with Crippen LogP contribution in [0.2, 0.25) is 0 Å². The van der Waals surface area contributed by atoms with Gasteiger partial charge in [0.05, 0.1) is 0 Å². The quantitative estimate of drug-likeness (QED) is 0.629. The van der Waals surface area contributed by atoms with Crippen molar-refractivity contribution in [2.45, 2.75) is 39.0 Å². The Morgan fingerprint density at radius 3 is 1.07 bits per heavy atom. The lowest BCUT2D eigenvalue weighted by molar-refractivity contribution is -0.164. The summed E-state index contributed by atoms with van der Waals surface area (Å²) in [6, 6.07) is 0. The third kappa shape index (κ3) is 7.03. The fraction of sp³-hybridized carbons (Fsp3) is 1.00. The molecule has 14 heavy (non-hydrogen) atoms. The van der Waals surface area contributed by atoms with Gasteiger partial charge in [-0.15, -0.1) is 0 Å². The second kappa shape index (κ2) is 4.40. The smallest absolute Gasteiger partial charge is 0.171 e. The Labute approximate surface area is 78.3 Å². The zero-order chi connectivity index (χ0) is 11.6. The first-order valence-corrected chi connectivity index (χ1v) is 4.15. The van der Waals surface area contributed by atoms with Crippen molar-refractivity contribution >= 4 is 0 Å². The fourth-order valence-corrected chi connectivity index (χ4v) is 1.13. The third-order valence-corrected chi connectivity index (χ3v) is 2.08. The highest BCUT2D eigenvalue weighted by molar-refractivity contribution is 4.69. The van der Waals surface area contributed by atoms with E-state index in [0.29, 0.717) is 0 Å². The molecule has 0 amide bonds. The van der Waals surface area contributed by atoms with Gasteiger partial charge < -0.3 is 0 Å². The highest BCUT2D eigenvalue weighted by Crippen LogP contribution is 2.34. The SMILES string of the molecule is CC(CC(F)(F)F)[C@@H](C)CC(F)(F)F. The Kier molecular flexibility index (Phi) is 4.27. The lowest BCUT2D eigenvalue weighted by atomic mass is 9.90. The molecule has 6 heteroatoms. The van der Waals surface area contributed by atoms with E-state index in [4.69, 9.17) is 0 Å². The summed E-state index contributed by atoms with van der Waals surface area (Å²) in [5, 5.41) is 0. The minimum absolute atomic E-state index is 1.00. The number of halogens is 6. The molecule has 0 aromatic heterocycles. The summed E-state index contributed by atoms with van der Waals surface area (Å²) in [6.07, 6.45) is -11.1. The van der Waals surface area contributed by atoms with Crippen LogP contribution in [0.1, 0.15) is 26.7 Å². The largest absolute Gasteiger partial charge is 0.389 e. The van der Waals surface area contributed by atoms with Gasteiger partial charge in [0, 0.05) is 12.8 Å². The highest BCUT2D eigenvalue weighted by Gasteiger charge is 2.36. The lowest BCUT2D eigenvalue weighted by Gasteiger charge is -2.22. The van der Waals surface area contributed by atoms with Gasteiger partial charge >= 0.3 is 12.4 Å². The number of hydrogen-bond acceptors (Lipinski definition) is 0. The topological polar surface area (TPSA) is 0 Å². The van der Waals surface area contributed by atoms with E-state index in [0.717, 1.165) is 0 Å². The van der Waals surface area contributed by atoms with E-state index in [2.05, 4.69) is 0 Å². The summed E-state index contributed by atoms with van der Waals surface area (Å²) in [5.41, 5.74) is 0. The molecule has 1 unspecified atom stereocenters. The summed E-state index contributed by atoms with van der Waals surface area (Å²) < 4.78 is 70.9. The predicted octanol–water partition coefficient (Wildman–Crippen LogP) is 4.16. The molecule has 0 aromatic rings. The molecule has 86 valence electrons. The van der Waals surface area contributed by atoms with Crippen LogP contribution < -0.4 is 0 Å². The molecular formula is C8H12F6. The Morgan fingerprint density at radius 1 is 0.714 bits per heavy atom. The Hall–Kier alpha value is -0.420. The average molecular weight is 222 g/mol. The third-order valence-electron chi connectivity index (χ3n) is 2.08. The summed E-state index contributed by atoms with van der Waals surface area (Å²) in [4.78, 5) is 0. The first kappa shape index (κ1) is 13.6. The van der Waals surface area contributed by atoms with Crippen LogP contribution in [0.3, 0.4) is 0 Å². The maximum absolute atomic E-state index is 11.8. The molecule has 0 N–H and O–H groups in total. The molecule has 0 aliphatic rings. The zero-order valence-corrected chi connectivity index (χ0v) is 7.84. The molecule has 0 aromatic carbocycles. The second-order valence-electron chi connectivity index (χ2n) is 3.59. The Bertz CT molecular complexity index is 148. The van der Waals surface area contributed by atoms with Crippen molar-refractivity contribution < 1.29 is 26.3 Å². The molecule has 0 bridgehead atoms. The standard InChI is InChI=1S/C8H12F6/c1-5(3-7(9,10)11)6(2)4-8(12,13)14/h5-6H,3-4H2,1-2H3/t5-,6?/m0/s1. The van der Waals surface area contributed by atoms with Crippen LogP contribution >= 0.6 is 0 Å². The lowest BCUT2D eigenvalue weighted by Crippen LogP contribution is -2.22. The first-order chi connectivity index (χ1) is 6.01. The van der Waals surface area contributed by atoms with Crippen LogP contribution in [0.15, 0.2) is 0 Å². The average Bonchev–Trinajstić information content (AvgIpc) is 1.78. The monoisotopic (exact) mass is 222 g/mol.